The maximum absolute atomic E-state index is 12.7. The van der Waals surface area contributed by atoms with Gasteiger partial charge in [0.2, 0.25) is 0 Å². The molecule has 8 nitrogen and oxygen atoms in total. The third kappa shape index (κ3) is 4.37. The molecule has 0 bridgehead atoms. The second-order valence-corrected chi connectivity index (χ2v) is 7.41. The highest BCUT2D eigenvalue weighted by Crippen LogP contribution is 2.34. The SMILES string of the molecule is CC(C)[C@H](NC(=O)NCc1cccnc1-n1ccnc1)c1ccc2c(c1)OCCO2. The van der Waals surface area contributed by atoms with Crippen LogP contribution in [0.15, 0.2) is 55.2 Å². The molecule has 156 valence electrons. The lowest BCUT2D eigenvalue weighted by atomic mass is 9.95. The molecule has 2 aromatic heterocycles. The van der Waals surface area contributed by atoms with Gasteiger partial charge in [-0.1, -0.05) is 26.0 Å². The summed E-state index contributed by atoms with van der Waals surface area (Å²) < 4.78 is 13.1. The number of aromatic nitrogens is 3. The first kappa shape index (κ1) is 19.8. The molecule has 1 aliphatic rings. The zero-order valence-corrected chi connectivity index (χ0v) is 17.0. The van der Waals surface area contributed by atoms with Gasteiger partial charge in [-0.15, -0.1) is 0 Å². The molecule has 0 saturated carbocycles. The van der Waals surface area contributed by atoms with Gasteiger partial charge in [0.1, 0.15) is 25.4 Å². The van der Waals surface area contributed by atoms with Crippen LogP contribution in [-0.2, 0) is 6.54 Å². The van der Waals surface area contributed by atoms with E-state index in [9.17, 15) is 4.79 Å². The fourth-order valence-corrected chi connectivity index (χ4v) is 3.44. The number of nitrogens with one attached hydrogen (secondary N) is 2. The Hall–Kier alpha value is -3.55. The molecule has 0 spiro atoms. The number of pyridine rings is 1. The van der Waals surface area contributed by atoms with Gasteiger partial charge < -0.3 is 20.1 Å². The molecule has 0 unspecified atom stereocenters. The zero-order valence-electron chi connectivity index (χ0n) is 17.0. The van der Waals surface area contributed by atoms with E-state index in [0.29, 0.717) is 25.5 Å². The molecule has 3 heterocycles. The van der Waals surface area contributed by atoms with Crippen LogP contribution in [0, 0.1) is 5.92 Å². The van der Waals surface area contributed by atoms with Crippen molar-refractivity contribution in [3.05, 3.63) is 66.4 Å². The number of rotatable bonds is 6. The number of benzene rings is 1. The van der Waals surface area contributed by atoms with Gasteiger partial charge in [0.05, 0.1) is 6.04 Å². The largest absolute Gasteiger partial charge is 0.486 e. The Labute approximate surface area is 175 Å². The number of ether oxygens (including phenoxy) is 2. The fraction of sp³-hybridized carbons (Fsp3) is 0.318. The number of urea groups is 1. The number of fused-ring (bicyclic) bond motifs is 1. The molecule has 30 heavy (non-hydrogen) atoms. The molecule has 1 atom stereocenters. The second-order valence-electron chi connectivity index (χ2n) is 7.41. The van der Waals surface area contributed by atoms with Crippen molar-refractivity contribution in [3.63, 3.8) is 0 Å². The number of carbonyl (C=O) groups excluding carboxylic acids is 1. The highest BCUT2D eigenvalue weighted by atomic mass is 16.6. The van der Waals surface area contributed by atoms with Crippen LogP contribution < -0.4 is 20.1 Å². The molecule has 0 radical (unpaired) electrons. The Balaban J connectivity index is 1.44. The number of hydrogen-bond acceptors (Lipinski definition) is 5. The minimum absolute atomic E-state index is 0.164. The van der Waals surface area contributed by atoms with E-state index >= 15 is 0 Å². The van der Waals surface area contributed by atoms with Crippen molar-refractivity contribution < 1.29 is 14.3 Å². The van der Waals surface area contributed by atoms with Crippen LogP contribution in [0.2, 0.25) is 0 Å². The summed E-state index contributed by atoms with van der Waals surface area (Å²) >= 11 is 0. The molecule has 0 aliphatic carbocycles. The summed E-state index contributed by atoms with van der Waals surface area (Å²) in [7, 11) is 0. The topological polar surface area (TPSA) is 90.3 Å². The van der Waals surface area contributed by atoms with Gasteiger partial charge in [-0.25, -0.2) is 14.8 Å². The van der Waals surface area contributed by atoms with Crippen molar-refractivity contribution in [2.24, 2.45) is 5.92 Å². The Morgan fingerprint density at radius 2 is 2.00 bits per heavy atom. The second kappa shape index (κ2) is 8.86. The predicted molar refractivity (Wildman–Crippen MR) is 112 cm³/mol. The number of carbonyl (C=O) groups is 1. The molecule has 2 N–H and O–H groups in total. The van der Waals surface area contributed by atoms with Crippen LogP contribution in [-0.4, -0.2) is 33.8 Å². The van der Waals surface area contributed by atoms with E-state index in [1.54, 1.807) is 18.7 Å². The third-order valence-corrected chi connectivity index (χ3v) is 4.93. The van der Waals surface area contributed by atoms with Gasteiger partial charge >= 0.3 is 6.03 Å². The number of imidazole rings is 1. The van der Waals surface area contributed by atoms with Crippen LogP contribution in [0.4, 0.5) is 4.79 Å². The van der Waals surface area contributed by atoms with Crippen LogP contribution in [0.3, 0.4) is 0 Å². The van der Waals surface area contributed by atoms with E-state index in [0.717, 1.165) is 22.7 Å². The summed E-state index contributed by atoms with van der Waals surface area (Å²) in [5.74, 6) is 2.38. The average Bonchev–Trinajstić information content (AvgIpc) is 3.30. The number of nitrogens with zero attached hydrogens (tertiary/aromatic N) is 3. The lowest BCUT2D eigenvalue weighted by molar-refractivity contribution is 0.171. The Morgan fingerprint density at radius 3 is 2.77 bits per heavy atom. The minimum Gasteiger partial charge on any atom is -0.486 e. The lowest BCUT2D eigenvalue weighted by Crippen LogP contribution is -2.39. The van der Waals surface area contributed by atoms with Gasteiger partial charge in [0, 0.05) is 30.7 Å². The maximum atomic E-state index is 12.7. The molecule has 8 heteroatoms. The van der Waals surface area contributed by atoms with Gasteiger partial charge in [0.25, 0.3) is 0 Å². The van der Waals surface area contributed by atoms with Crippen molar-refractivity contribution in [1.29, 1.82) is 0 Å². The van der Waals surface area contributed by atoms with Gasteiger partial charge in [-0.05, 0) is 29.7 Å². The molecule has 2 amide bonds. The van der Waals surface area contributed by atoms with Crippen molar-refractivity contribution in [3.8, 4) is 17.3 Å². The standard InChI is InChI=1S/C22H25N5O3/c1-15(2)20(16-5-6-18-19(12-16)30-11-10-29-18)26-22(28)25-13-17-4-3-7-24-21(17)27-9-8-23-14-27/h3-9,12,14-15,20H,10-11,13H2,1-2H3,(H2,25,26,28)/t20-/m0/s1. The van der Waals surface area contributed by atoms with Crippen molar-refractivity contribution in [1.82, 2.24) is 25.2 Å². The molecule has 4 rings (SSSR count). The highest BCUT2D eigenvalue weighted by Gasteiger charge is 2.21. The normalized spacial score (nSPS) is 13.7. The first-order valence-electron chi connectivity index (χ1n) is 9.98. The highest BCUT2D eigenvalue weighted by molar-refractivity contribution is 5.74. The summed E-state index contributed by atoms with van der Waals surface area (Å²) in [5, 5.41) is 6.02. The lowest BCUT2D eigenvalue weighted by Gasteiger charge is -2.25. The van der Waals surface area contributed by atoms with Crippen molar-refractivity contribution in [2.45, 2.75) is 26.4 Å². The van der Waals surface area contributed by atoms with Crippen molar-refractivity contribution >= 4 is 6.03 Å². The van der Waals surface area contributed by atoms with E-state index in [1.807, 2.05) is 41.1 Å². The van der Waals surface area contributed by atoms with E-state index in [1.165, 1.54) is 0 Å². The van der Waals surface area contributed by atoms with Crippen molar-refractivity contribution in [2.75, 3.05) is 13.2 Å². The molecular weight excluding hydrogens is 382 g/mol. The molecule has 1 aromatic carbocycles. The fourth-order valence-electron chi connectivity index (χ4n) is 3.44. The smallest absolute Gasteiger partial charge is 0.315 e. The van der Waals surface area contributed by atoms with E-state index < -0.39 is 0 Å². The molecule has 1 aliphatic heterocycles. The summed E-state index contributed by atoms with van der Waals surface area (Å²) in [4.78, 5) is 21.1. The van der Waals surface area contributed by atoms with Gasteiger partial charge in [-0.3, -0.25) is 4.57 Å². The van der Waals surface area contributed by atoms with E-state index in [-0.39, 0.29) is 18.0 Å². The third-order valence-electron chi connectivity index (χ3n) is 4.93. The van der Waals surface area contributed by atoms with Crippen LogP contribution in [0.1, 0.15) is 31.0 Å². The van der Waals surface area contributed by atoms with E-state index in [2.05, 4.69) is 34.4 Å². The van der Waals surface area contributed by atoms with Crippen LogP contribution in [0.5, 0.6) is 11.5 Å². The molecular formula is C22H25N5O3. The number of amides is 2. The number of hydrogen-bond donors (Lipinski definition) is 2. The summed E-state index contributed by atoms with van der Waals surface area (Å²) in [6, 6.07) is 9.18. The summed E-state index contributed by atoms with van der Waals surface area (Å²) in [6.07, 6.45) is 6.92. The molecule has 3 aromatic rings. The summed E-state index contributed by atoms with van der Waals surface area (Å²) in [6.45, 7) is 5.57. The van der Waals surface area contributed by atoms with Gasteiger partial charge in [-0.2, -0.15) is 0 Å². The average molecular weight is 407 g/mol. The molecule has 0 saturated heterocycles. The minimum atomic E-state index is -0.246. The zero-order chi connectivity index (χ0) is 20.9. The molecule has 0 fully saturated rings. The predicted octanol–water partition coefficient (Wildman–Crippen LogP) is 3.24. The van der Waals surface area contributed by atoms with Crippen LogP contribution >= 0.6 is 0 Å². The maximum Gasteiger partial charge on any atom is 0.315 e. The summed E-state index contributed by atoms with van der Waals surface area (Å²) in [5.41, 5.74) is 1.87. The first-order valence-corrected chi connectivity index (χ1v) is 9.98. The first-order chi connectivity index (χ1) is 14.6. The van der Waals surface area contributed by atoms with E-state index in [4.69, 9.17) is 9.47 Å². The quantitative estimate of drug-likeness (QED) is 0.655. The Bertz CT molecular complexity index is 1000. The Kier molecular flexibility index (Phi) is 5.83. The Morgan fingerprint density at radius 1 is 1.17 bits per heavy atom. The van der Waals surface area contributed by atoms with Gasteiger partial charge in [0.15, 0.2) is 11.5 Å². The van der Waals surface area contributed by atoms with Crippen LogP contribution in [0.25, 0.3) is 5.82 Å². The monoisotopic (exact) mass is 407 g/mol.